The molecule has 1 nitrogen and oxygen atoms in total. The van der Waals surface area contributed by atoms with E-state index in [1.807, 2.05) is 25.1 Å². The van der Waals surface area contributed by atoms with E-state index in [9.17, 15) is 0 Å². The zero-order chi connectivity index (χ0) is 8.72. The second-order valence-corrected chi connectivity index (χ2v) is 4.20. The molecule has 0 radical (unpaired) electrons. The predicted molar refractivity (Wildman–Crippen MR) is 58.7 cm³/mol. The van der Waals surface area contributed by atoms with E-state index in [4.69, 9.17) is 16.0 Å². The first-order valence-electron chi connectivity index (χ1n) is 3.52. The minimum Gasteiger partial charge on any atom is -0.460 e. The van der Waals surface area contributed by atoms with Gasteiger partial charge in [-0.05, 0) is 47.7 Å². The largest absolute Gasteiger partial charge is 0.460 e. The van der Waals surface area contributed by atoms with E-state index in [0.29, 0.717) is 5.02 Å². The lowest BCUT2D eigenvalue weighted by Gasteiger charge is -1.93. The fourth-order valence-electron chi connectivity index (χ4n) is 1.18. The molecule has 0 aliphatic rings. The van der Waals surface area contributed by atoms with Gasteiger partial charge in [-0.2, -0.15) is 0 Å². The van der Waals surface area contributed by atoms with Gasteiger partial charge in [-0.15, -0.1) is 0 Å². The van der Waals surface area contributed by atoms with Crippen LogP contribution in [0.5, 0.6) is 0 Å². The Balaban J connectivity index is 2.93. The standard InChI is InChI=1S/C9H6ClIO/c1-5-4-6-8(11)3-2-7(10)9(6)12-5/h2-4H,1H3. The molecule has 1 heterocycles. The molecular formula is C9H6ClIO. The fourth-order valence-corrected chi connectivity index (χ4v) is 1.96. The molecule has 0 bridgehead atoms. The molecule has 12 heavy (non-hydrogen) atoms. The maximum absolute atomic E-state index is 5.95. The van der Waals surface area contributed by atoms with Crippen LogP contribution in [0.2, 0.25) is 5.02 Å². The van der Waals surface area contributed by atoms with Crippen LogP contribution >= 0.6 is 34.2 Å². The highest BCUT2D eigenvalue weighted by Crippen LogP contribution is 2.29. The van der Waals surface area contributed by atoms with E-state index in [0.717, 1.165) is 16.7 Å². The van der Waals surface area contributed by atoms with Crippen molar-refractivity contribution >= 4 is 45.2 Å². The lowest BCUT2D eigenvalue weighted by atomic mass is 10.2. The number of hydrogen-bond acceptors (Lipinski definition) is 1. The predicted octanol–water partition coefficient (Wildman–Crippen LogP) is 4.00. The van der Waals surface area contributed by atoms with Crippen LogP contribution in [-0.4, -0.2) is 0 Å². The number of furan rings is 1. The van der Waals surface area contributed by atoms with Crippen LogP contribution in [-0.2, 0) is 0 Å². The zero-order valence-corrected chi connectivity index (χ0v) is 9.31. The first-order chi connectivity index (χ1) is 5.68. The van der Waals surface area contributed by atoms with Gasteiger partial charge in [0, 0.05) is 8.96 Å². The van der Waals surface area contributed by atoms with Crippen LogP contribution in [0, 0.1) is 10.5 Å². The summed E-state index contributed by atoms with van der Waals surface area (Å²) < 4.78 is 6.61. The second-order valence-electron chi connectivity index (χ2n) is 2.63. The van der Waals surface area contributed by atoms with Crippen LogP contribution in [0.3, 0.4) is 0 Å². The molecule has 1 aromatic carbocycles. The molecular weight excluding hydrogens is 286 g/mol. The lowest BCUT2D eigenvalue weighted by molar-refractivity contribution is 0.578. The van der Waals surface area contributed by atoms with Crippen molar-refractivity contribution in [2.45, 2.75) is 6.92 Å². The third-order valence-electron chi connectivity index (χ3n) is 1.71. The number of rotatable bonds is 0. The number of benzene rings is 1. The van der Waals surface area contributed by atoms with Gasteiger partial charge in [0.05, 0.1) is 5.02 Å². The first kappa shape index (κ1) is 8.38. The van der Waals surface area contributed by atoms with E-state index in [1.165, 1.54) is 3.57 Å². The van der Waals surface area contributed by atoms with Crippen LogP contribution in [0.4, 0.5) is 0 Å². The molecule has 0 unspecified atom stereocenters. The summed E-state index contributed by atoms with van der Waals surface area (Å²) in [5.41, 5.74) is 0.793. The Labute approximate surface area is 88.8 Å². The minimum absolute atomic E-state index is 0.679. The Bertz CT molecular complexity index is 394. The molecule has 0 fully saturated rings. The van der Waals surface area contributed by atoms with Crippen molar-refractivity contribution < 1.29 is 4.42 Å². The molecule has 0 spiro atoms. The van der Waals surface area contributed by atoms with Gasteiger partial charge in [0.2, 0.25) is 0 Å². The molecule has 2 rings (SSSR count). The Kier molecular flexibility index (Phi) is 2.04. The van der Waals surface area contributed by atoms with E-state index in [2.05, 4.69) is 22.6 Å². The smallest absolute Gasteiger partial charge is 0.153 e. The van der Waals surface area contributed by atoms with Gasteiger partial charge in [0.25, 0.3) is 0 Å². The number of hydrogen-bond donors (Lipinski definition) is 0. The summed E-state index contributed by atoms with van der Waals surface area (Å²) in [4.78, 5) is 0. The van der Waals surface area contributed by atoms with Gasteiger partial charge < -0.3 is 4.42 Å². The van der Waals surface area contributed by atoms with Crippen molar-refractivity contribution in [2.24, 2.45) is 0 Å². The molecule has 0 amide bonds. The van der Waals surface area contributed by atoms with Crippen molar-refractivity contribution in [3.8, 4) is 0 Å². The summed E-state index contributed by atoms with van der Waals surface area (Å²) in [5.74, 6) is 0.899. The van der Waals surface area contributed by atoms with E-state index in [-0.39, 0.29) is 0 Å². The SMILES string of the molecule is Cc1cc2c(I)ccc(Cl)c2o1. The molecule has 1 aromatic heterocycles. The van der Waals surface area contributed by atoms with Crippen LogP contribution in [0.15, 0.2) is 22.6 Å². The van der Waals surface area contributed by atoms with Gasteiger partial charge in [-0.3, -0.25) is 0 Å². The normalized spacial score (nSPS) is 10.9. The Morgan fingerprint density at radius 2 is 2.17 bits per heavy atom. The van der Waals surface area contributed by atoms with Gasteiger partial charge in [0.1, 0.15) is 5.76 Å². The topological polar surface area (TPSA) is 13.1 Å². The summed E-state index contributed by atoms with van der Waals surface area (Å²) >= 11 is 8.21. The number of aryl methyl sites for hydroxylation is 1. The quantitative estimate of drug-likeness (QED) is 0.669. The van der Waals surface area contributed by atoms with Gasteiger partial charge in [0.15, 0.2) is 5.58 Å². The monoisotopic (exact) mass is 292 g/mol. The Hall–Kier alpha value is -0.220. The van der Waals surface area contributed by atoms with Crippen molar-refractivity contribution in [1.29, 1.82) is 0 Å². The Morgan fingerprint density at radius 3 is 2.83 bits per heavy atom. The Morgan fingerprint density at radius 1 is 1.42 bits per heavy atom. The van der Waals surface area contributed by atoms with Crippen molar-refractivity contribution in [3.63, 3.8) is 0 Å². The zero-order valence-electron chi connectivity index (χ0n) is 6.40. The minimum atomic E-state index is 0.679. The van der Waals surface area contributed by atoms with E-state index < -0.39 is 0 Å². The first-order valence-corrected chi connectivity index (χ1v) is 4.98. The highest BCUT2D eigenvalue weighted by Gasteiger charge is 2.07. The molecule has 0 saturated carbocycles. The van der Waals surface area contributed by atoms with E-state index in [1.54, 1.807) is 0 Å². The van der Waals surface area contributed by atoms with Crippen LogP contribution < -0.4 is 0 Å². The van der Waals surface area contributed by atoms with E-state index >= 15 is 0 Å². The molecule has 0 atom stereocenters. The average molecular weight is 293 g/mol. The molecule has 0 aliphatic carbocycles. The van der Waals surface area contributed by atoms with Crippen LogP contribution in [0.25, 0.3) is 11.0 Å². The molecule has 2 aromatic rings. The number of halogens is 2. The van der Waals surface area contributed by atoms with Gasteiger partial charge >= 0.3 is 0 Å². The van der Waals surface area contributed by atoms with Crippen molar-refractivity contribution in [3.05, 3.63) is 32.6 Å². The molecule has 3 heteroatoms. The van der Waals surface area contributed by atoms with Crippen LogP contribution in [0.1, 0.15) is 5.76 Å². The lowest BCUT2D eigenvalue weighted by Crippen LogP contribution is -1.71. The second kappa shape index (κ2) is 2.92. The third kappa shape index (κ3) is 1.23. The maximum Gasteiger partial charge on any atom is 0.153 e. The third-order valence-corrected chi connectivity index (χ3v) is 2.94. The van der Waals surface area contributed by atoms with Gasteiger partial charge in [-0.25, -0.2) is 0 Å². The molecule has 0 saturated heterocycles. The summed E-state index contributed by atoms with van der Waals surface area (Å²) in [6.45, 7) is 1.92. The molecule has 62 valence electrons. The fraction of sp³-hybridized carbons (Fsp3) is 0.111. The molecule has 0 N–H and O–H groups in total. The molecule has 0 aliphatic heterocycles. The maximum atomic E-state index is 5.95. The summed E-state index contributed by atoms with van der Waals surface area (Å²) in [6.07, 6.45) is 0. The van der Waals surface area contributed by atoms with Crippen molar-refractivity contribution in [1.82, 2.24) is 0 Å². The summed E-state index contributed by atoms with van der Waals surface area (Å²) in [5, 5.41) is 1.78. The number of fused-ring (bicyclic) bond motifs is 1. The highest BCUT2D eigenvalue weighted by molar-refractivity contribution is 14.1. The average Bonchev–Trinajstić information content (AvgIpc) is 2.41. The van der Waals surface area contributed by atoms with Gasteiger partial charge in [-0.1, -0.05) is 11.6 Å². The van der Waals surface area contributed by atoms with Crippen molar-refractivity contribution in [2.75, 3.05) is 0 Å². The summed E-state index contributed by atoms with van der Waals surface area (Å²) in [7, 11) is 0. The highest BCUT2D eigenvalue weighted by atomic mass is 127. The summed E-state index contributed by atoms with van der Waals surface area (Å²) in [6, 6.07) is 5.85.